The highest BCUT2D eigenvalue weighted by atomic mass is 31.1. The first-order chi connectivity index (χ1) is 4.32. The van der Waals surface area contributed by atoms with Crippen LogP contribution in [-0.4, -0.2) is 10.4 Å². The molecular weight excluding hydrogens is 127 g/mol. The quantitative estimate of drug-likeness (QED) is 0.487. The predicted octanol–water partition coefficient (Wildman–Crippen LogP) is 2.16. The molecule has 1 heteroatoms. The normalized spacial score (nSPS) is 66.9. The van der Waals surface area contributed by atoms with E-state index in [0.717, 1.165) is 22.9 Å². The molecule has 4 atom stereocenters. The van der Waals surface area contributed by atoms with Crippen LogP contribution in [0.1, 0.15) is 20.3 Å². The summed E-state index contributed by atoms with van der Waals surface area (Å²) >= 11 is 0. The minimum absolute atomic E-state index is 0.883. The SMILES string of the molecule is CCC1C(C)C2C3=PC312. The lowest BCUT2D eigenvalue weighted by Crippen LogP contribution is -2.36. The highest BCUT2D eigenvalue weighted by molar-refractivity contribution is 7.61. The van der Waals surface area contributed by atoms with Crippen molar-refractivity contribution in [3.8, 4) is 0 Å². The molecule has 0 aromatic carbocycles. The smallest absolute Gasteiger partial charge is 0.0478 e. The second kappa shape index (κ2) is 1.03. The first kappa shape index (κ1) is 4.91. The molecule has 1 heterocycles. The van der Waals surface area contributed by atoms with Crippen molar-refractivity contribution in [1.29, 1.82) is 0 Å². The van der Waals surface area contributed by atoms with Gasteiger partial charge in [0.2, 0.25) is 0 Å². The molecule has 0 radical (unpaired) electrons. The molecule has 3 rings (SSSR count). The van der Waals surface area contributed by atoms with Crippen LogP contribution in [0.2, 0.25) is 0 Å². The molecule has 2 aliphatic carbocycles. The number of rotatable bonds is 1. The number of fused-ring (bicyclic) bond motifs is 1. The van der Waals surface area contributed by atoms with E-state index in [1.54, 1.807) is 8.20 Å². The Bertz CT molecular complexity index is 219. The van der Waals surface area contributed by atoms with Crippen LogP contribution >= 0.6 is 8.20 Å². The molecule has 9 heavy (non-hydrogen) atoms. The van der Waals surface area contributed by atoms with Gasteiger partial charge in [-0.05, 0) is 17.1 Å². The molecule has 0 N–H and O–H groups in total. The highest BCUT2D eigenvalue weighted by Gasteiger charge is 2.84. The van der Waals surface area contributed by atoms with Gasteiger partial charge in [-0.2, -0.15) is 0 Å². The Kier molecular flexibility index (Phi) is 0.563. The fourth-order valence-corrected chi connectivity index (χ4v) is 5.06. The molecule has 2 saturated carbocycles. The molecule has 3 aliphatic rings. The zero-order valence-corrected chi connectivity index (χ0v) is 6.78. The summed E-state index contributed by atoms with van der Waals surface area (Å²) in [5.74, 6) is 3.29. The van der Waals surface area contributed by atoms with Crippen molar-refractivity contribution >= 4 is 13.5 Å². The van der Waals surface area contributed by atoms with Crippen molar-refractivity contribution in [3.05, 3.63) is 0 Å². The number of hydrogen-bond donors (Lipinski definition) is 0. The van der Waals surface area contributed by atoms with E-state index in [1.807, 2.05) is 5.29 Å². The molecule has 0 bridgehead atoms. The van der Waals surface area contributed by atoms with E-state index in [-0.39, 0.29) is 0 Å². The summed E-state index contributed by atoms with van der Waals surface area (Å²) in [6, 6.07) is 0. The molecule has 4 unspecified atom stereocenters. The van der Waals surface area contributed by atoms with Crippen molar-refractivity contribution in [3.63, 3.8) is 0 Å². The molecule has 0 saturated heterocycles. The molecule has 0 amide bonds. The van der Waals surface area contributed by atoms with Gasteiger partial charge in [0, 0.05) is 11.1 Å². The van der Waals surface area contributed by atoms with Crippen LogP contribution in [0.5, 0.6) is 0 Å². The maximum absolute atomic E-state index is 2.43. The van der Waals surface area contributed by atoms with E-state index < -0.39 is 0 Å². The third-order valence-corrected chi connectivity index (χ3v) is 5.40. The van der Waals surface area contributed by atoms with Gasteiger partial charge in [-0.3, -0.25) is 0 Å². The minimum atomic E-state index is 0.883. The molecule has 1 spiro atoms. The zero-order valence-electron chi connectivity index (χ0n) is 5.89. The van der Waals surface area contributed by atoms with Gasteiger partial charge >= 0.3 is 0 Å². The van der Waals surface area contributed by atoms with Gasteiger partial charge < -0.3 is 0 Å². The highest BCUT2D eigenvalue weighted by Crippen LogP contribution is 2.84. The van der Waals surface area contributed by atoms with E-state index >= 15 is 0 Å². The summed E-state index contributed by atoms with van der Waals surface area (Å²) in [6.07, 6.45) is 1.42. The summed E-state index contributed by atoms with van der Waals surface area (Å²) in [7, 11) is 1.74. The second-order valence-electron chi connectivity index (χ2n) is 3.67. The van der Waals surface area contributed by atoms with Crippen LogP contribution in [0.25, 0.3) is 0 Å². The molecular formula is C8H11P. The van der Waals surface area contributed by atoms with Crippen molar-refractivity contribution < 1.29 is 0 Å². The Balaban J connectivity index is 1.93. The van der Waals surface area contributed by atoms with Crippen LogP contribution in [0, 0.1) is 17.8 Å². The zero-order chi connectivity index (χ0) is 6.22. The van der Waals surface area contributed by atoms with E-state index in [9.17, 15) is 0 Å². The van der Waals surface area contributed by atoms with Gasteiger partial charge in [0.15, 0.2) is 0 Å². The minimum Gasteiger partial charge on any atom is -0.0910 e. The van der Waals surface area contributed by atoms with Crippen molar-refractivity contribution in [2.45, 2.75) is 25.4 Å². The standard InChI is InChI=1S/C8H11P/c1-3-5-4(2)6-7-8(5,6)9-7/h4-6H,3H2,1-2H3. The van der Waals surface area contributed by atoms with Gasteiger partial charge in [-0.25, -0.2) is 0 Å². The summed E-state index contributed by atoms with van der Waals surface area (Å²) in [5, 5.41) is 2.80. The maximum Gasteiger partial charge on any atom is 0.0478 e. The van der Waals surface area contributed by atoms with Crippen LogP contribution in [0.15, 0.2) is 0 Å². The average Bonchev–Trinajstić information content (AvgIpc) is 2.54. The predicted molar refractivity (Wildman–Crippen MR) is 41.1 cm³/mol. The molecule has 0 aromatic heterocycles. The van der Waals surface area contributed by atoms with Gasteiger partial charge in [0.05, 0.1) is 0 Å². The van der Waals surface area contributed by atoms with Gasteiger partial charge in [-0.1, -0.05) is 28.5 Å². The summed E-state index contributed by atoms with van der Waals surface area (Å²) in [4.78, 5) is 0. The molecule has 0 nitrogen and oxygen atoms in total. The van der Waals surface area contributed by atoms with Crippen LogP contribution in [-0.2, 0) is 0 Å². The van der Waals surface area contributed by atoms with E-state index in [0.29, 0.717) is 0 Å². The third-order valence-electron chi connectivity index (χ3n) is 3.52. The number of hydrogen-bond acceptors (Lipinski definition) is 0. The first-order valence-corrected chi connectivity index (χ1v) is 4.82. The lowest BCUT2D eigenvalue weighted by Gasteiger charge is -2.37. The molecule has 1 aliphatic heterocycles. The lowest BCUT2D eigenvalue weighted by molar-refractivity contribution is 0.191. The molecule has 0 aromatic rings. The average molecular weight is 138 g/mol. The fourth-order valence-electron chi connectivity index (χ4n) is 2.94. The summed E-state index contributed by atoms with van der Waals surface area (Å²) in [5.41, 5.74) is 0. The Morgan fingerprint density at radius 3 is 2.67 bits per heavy atom. The Hall–Kier alpha value is 0.170. The Labute approximate surface area is 57.4 Å². The van der Waals surface area contributed by atoms with Crippen LogP contribution < -0.4 is 0 Å². The Morgan fingerprint density at radius 2 is 2.44 bits per heavy atom. The van der Waals surface area contributed by atoms with E-state index in [4.69, 9.17) is 0 Å². The van der Waals surface area contributed by atoms with Crippen LogP contribution in [0.4, 0.5) is 0 Å². The van der Waals surface area contributed by atoms with Gasteiger partial charge in [0.1, 0.15) is 0 Å². The van der Waals surface area contributed by atoms with Gasteiger partial charge in [0.25, 0.3) is 0 Å². The largest absolute Gasteiger partial charge is 0.0910 e. The van der Waals surface area contributed by atoms with Crippen LogP contribution in [0.3, 0.4) is 0 Å². The summed E-state index contributed by atoms with van der Waals surface area (Å²) in [6.45, 7) is 4.77. The van der Waals surface area contributed by atoms with Crippen molar-refractivity contribution in [2.24, 2.45) is 17.8 Å². The van der Waals surface area contributed by atoms with Crippen molar-refractivity contribution in [2.75, 3.05) is 0 Å². The van der Waals surface area contributed by atoms with Gasteiger partial charge in [-0.15, -0.1) is 0 Å². The topological polar surface area (TPSA) is 0 Å². The van der Waals surface area contributed by atoms with E-state index in [2.05, 4.69) is 13.8 Å². The van der Waals surface area contributed by atoms with Crippen molar-refractivity contribution in [1.82, 2.24) is 0 Å². The fraction of sp³-hybridized carbons (Fsp3) is 0.875. The summed E-state index contributed by atoms with van der Waals surface area (Å²) < 4.78 is 0. The lowest BCUT2D eigenvalue weighted by atomic mass is 9.73. The first-order valence-electron chi connectivity index (χ1n) is 3.92. The second-order valence-corrected chi connectivity index (χ2v) is 5.12. The maximum atomic E-state index is 2.43. The third kappa shape index (κ3) is 0.283. The Morgan fingerprint density at radius 1 is 1.67 bits per heavy atom. The van der Waals surface area contributed by atoms with E-state index in [1.165, 1.54) is 6.42 Å². The molecule has 48 valence electrons. The molecule has 2 fully saturated rings. The monoisotopic (exact) mass is 138 g/mol.